The van der Waals surface area contributed by atoms with E-state index in [2.05, 4.69) is 0 Å². The van der Waals surface area contributed by atoms with Gasteiger partial charge >= 0.3 is 0 Å². The third kappa shape index (κ3) is 4.66. The van der Waals surface area contributed by atoms with Crippen molar-refractivity contribution >= 4 is 17.5 Å². The second-order valence-corrected chi connectivity index (χ2v) is 8.04. The van der Waals surface area contributed by atoms with Crippen LogP contribution < -0.4 is 4.74 Å². The molecule has 1 aliphatic heterocycles. The first-order valence-electron chi connectivity index (χ1n) is 10.2. The summed E-state index contributed by atoms with van der Waals surface area (Å²) >= 11 is 0. The van der Waals surface area contributed by atoms with Gasteiger partial charge in [-0.3, -0.25) is 14.4 Å². The predicted octanol–water partition coefficient (Wildman–Crippen LogP) is 3.05. The van der Waals surface area contributed by atoms with E-state index in [0.29, 0.717) is 29.8 Å². The number of rotatable bonds is 8. The lowest BCUT2D eigenvalue weighted by Crippen LogP contribution is -2.33. The number of carbonyl (C=O) groups is 3. The number of benzene rings is 2. The Kier molecular flexibility index (Phi) is 6.85. The van der Waals surface area contributed by atoms with Crippen LogP contribution in [0.1, 0.15) is 33.9 Å². The zero-order valence-electron chi connectivity index (χ0n) is 18.2. The van der Waals surface area contributed by atoms with Gasteiger partial charge in [-0.15, -0.1) is 0 Å². The molecule has 0 aliphatic carbocycles. The summed E-state index contributed by atoms with van der Waals surface area (Å²) in [5.74, 6) is -2.79. The third-order valence-electron chi connectivity index (χ3n) is 5.58. The smallest absolute Gasteiger partial charge is 0.291 e. The molecule has 3 rings (SSSR count). The van der Waals surface area contributed by atoms with Gasteiger partial charge in [0, 0.05) is 12.1 Å². The minimum absolute atomic E-state index is 0.330. The fourth-order valence-electron chi connectivity index (χ4n) is 4.03. The van der Waals surface area contributed by atoms with E-state index in [9.17, 15) is 18.8 Å². The number of hydrogen-bond donors (Lipinski definition) is 0. The van der Waals surface area contributed by atoms with E-state index in [0.717, 1.165) is 12.1 Å². The van der Waals surface area contributed by atoms with Crippen LogP contribution in [0.25, 0.3) is 0 Å². The van der Waals surface area contributed by atoms with Gasteiger partial charge < -0.3 is 14.5 Å². The van der Waals surface area contributed by atoms with E-state index < -0.39 is 35.3 Å². The van der Waals surface area contributed by atoms with Crippen LogP contribution in [0, 0.1) is 18.7 Å². The zero-order chi connectivity index (χ0) is 22.7. The van der Waals surface area contributed by atoms with E-state index in [1.54, 1.807) is 25.3 Å². The third-order valence-corrected chi connectivity index (χ3v) is 5.58. The van der Waals surface area contributed by atoms with Crippen LogP contribution in [-0.4, -0.2) is 61.6 Å². The van der Waals surface area contributed by atoms with Gasteiger partial charge in [0.15, 0.2) is 5.78 Å². The Morgan fingerprint density at radius 3 is 2.39 bits per heavy atom. The summed E-state index contributed by atoms with van der Waals surface area (Å²) in [5.41, 5.74) is 1.66. The number of amides is 1. The molecule has 0 aromatic heterocycles. The molecule has 0 bridgehead atoms. The lowest BCUT2D eigenvalue weighted by Gasteiger charge is -2.27. The minimum atomic E-state index is -1.18. The first kappa shape index (κ1) is 22.6. The number of nitrogens with zero attached hydrogens (tertiary/aromatic N) is 2. The molecule has 6 nitrogen and oxygen atoms in total. The number of methoxy groups -OCH3 is 1. The molecule has 0 spiro atoms. The molecular formula is C24H27FN2O4. The minimum Gasteiger partial charge on any atom is -0.496 e. The van der Waals surface area contributed by atoms with E-state index in [1.165, 1.54) is 29.2 Å². The summed E-state index contributed by atoms with van der Waals surface area (Å²) in [7, 11) is 5.39. The van der Waals surface area contributed by atoms with E-state index in [-0.39, 0.29) is 0 Å². The molecular weight excluding hydrogens is 399 g/mol. The SMILES string of the molecule is COc1ccc(C(=O)C2C(=O)C(=O)N(CCCN(C)C)C2c2ccc(F)cc2)cc1C. The van der Waals surface area contributed by atoms with Gasteiger partial charge in [-0.1, -0.05) is 12.1 Å². The second kappa shape index (κ2) is 9.39. The highest BCUT2D eigenvalue weighted by Gasteiger charge is 2.51. The maximum atomic E-state index is 13.5. The second-order valence-electron chi connectivity index (χ2n) is 8.04. The summed E-state index contributed by atoms with van der Waals surface area (Å²) in [6.45, 7) is 2.86. The fraction of sp³-hybridized carbons (Fsp3) is 0.375. The van der Waals surface area contributed by atoms with Gasteiger partial charge in [-0.2, -0.15) is 0 Å². The quantitative estimate of drug-likeness (QED) is 0.369. The van der Waals surface area contributed by atoms with Crippen molar-refractivity contribution in [3.63, 3.8) is 0 Å². The Balaban J connectivity index is 2.00. The first-order chi connectivity index (χ1) is 14.7. The van der Waals surface area contributed by atoms with Crippen LogP contribution in [-0.2, 0) is 9.59 Å². The summed E-state index contributed by atoms with van der Waals surface area (Å²) < 4.78 is 18.8. The van der Waals surface area contributed by atoms with Crippen molar-refractivity contribution in [2.45, 2.75) is 19.4 Å². The van der Waals surface area contributed by atoms with Gasteiger partial charge in [0.1, 0.15) is 17.5 Å². The van der Waals surface area contributed by atoms with Gasteiger partial charge in [-0.25, -0.2) is 4.39 Å². The number of likely N-dealkylation sites (tertiary alicyclic amines) is 1. The van der Waals surface area contributed by atoms with Crippen molar-refractivity contribution in [1.82, 2.24) is 9.80 Å². The van der Waals surface area contributed by atoms with Crippen molar-refractivity contribution in [2.24, 2.45) is 5.92 Å². The molecule has 7 heteroatoms. The first-order valence-corrected chi connectivity index (χ1v) is 10.2. The average Bonchev–Trinajstić information content (AvgIpc) is 2.98. The fourth-order valence-corrected chi connectivity index (χ4v) is 4.03. The molecule has 31 heavy (non-hydrogen) atoms. The average molecular weight is 426 g/mol. The molecule has 1 aliphatic rings. The van der Waals surface area contributed by atoms with Crippen molar-refractivity contribution < 1.29 is 23.5 Å². The molecule has 1 amide bonds. The van der Waals surface area contributed by atoms with Crippen LogP contribution in [0.5, 0.6) is 5.75 Å². The molecule has 2 aromatic carbocycles. The molecule has 0 N–H and O–H groups in total. The number of aryl methyl sites for hydroxylation is 1. The standard InChI is InChI=1S/C24H27FN2O4/c1-15-14-17(8-11-19(15)31-4)22(28)20-21(16-6-9-18(25)10-7-16)27(24(30)23(20)29)13-5-12-26(2)3/h6-11,14,20-21H,5,12-13H2,1-4H3. The Hall–Kier alpha value is -3.06. The Labute approximate surface area is 181 Å². The largest absolute Gasteiger partial charge is 0.496 e. The van der Waals surface area contributed by atoms with Gasteiger partial charge in [0.2, 0.25) is 5.78 Å². The summed E-state index contributed by atoms with van der Waals surface area (Å²) in [4.78, 5) is 42.7. The molecule has 1 heterocycles. The molecule has 0 saturated carbocycles. The Bertz CT molecular complexity index is 988. The topological polar surface area (TPSA) is 66.9 Å². The highest BCUT2D eigenvalue weighted by atomic mass is 19.1. The van der Waals surface area contributed by atoms with Crippen molar-refractivity contribution in [3.8, 4) is 5.75 Å². The number of Topliss-reactive ketones (excluding diaryl/α,β-unsaturated/α-hetero) is 2. The molecule has 1 fully saturated rings. The van der Waals surface area contributed by atoms with Crippen LogP contribution in [0.2, 0.25) is 0 Å². The van der Waals surface area contributed by atoms with Crippen LogP contribution in [0.4, 0.5) is 4.39 Å². The maximum absolute atomic E-state index is 13.5. The maximum Gasteiger partial charge on any atom is 0.291 e. The molecule has 2 unspecified atom stereocenters. The molecule has 2 atom stereocenters. The Morgan fingerprint density at radius 2 is 1.81 bits per heavy atom. The summed E-state index contributed by atoms with van der Waals surface area (Å²) in [6, 6.07) is 9.79. The highest BCUT2D eigenvalue weighted by Crippen LogP contribution is 2.38. The van der Waals surface area contributed by atoms with E-state index in [4.69, 9.17) is 4.74 Å². The van der Waals surface area contributed by atoms with Gasteiger partial charge in [-0.05, 0) is 75.4 Å². The number of ketones is 2. The van der Waals surface area contributed by atoms with Crippen LogP contribution in [0.15, 0.2) is 42.5 Å². The van der Waals surface area contributed by atoms with Gasteiger partial charge in [0.05, 0.1) is 13.2 Å². The molecule has 1 saturated heterocycles. The summed E-state index contributed by atoms with van der Waals surface area (Å²) in [5, 5.41) is 0. The zero-order valence-corrected chi connectivity index (χ0v) is 18.2. The Morgan fingerprint density at radius 1 is 1.13 bits per heavy atom. The normalized spacial score (nSPS) is 18.7. The van der Waals surface area contributed by atoms with Crippen LogP contribution in [0.3, 0.4) is 0 Å². The number of ether oxygens (including phenoxy) is 1. The molecule has 0 radical (unpaired) electrons. The van der Waals surface area contributed by atoms with E-state index in [1.807, 2.05) is 25.9 Å². The summed E-state index contributed by atoms with van der Waals surface area (Å²) in [6.07, 6.45) is 0.645. The molecule has 2 aromatic rings. The lowest BCUT2D eigenvalue weighted by atomic mass is 9.86. The van der Waals surface area contributed by atoms with Crippen molar-refractivity contribution in [1.29, 1.82) is 0 Å². The lowest BCUT2D eigenvalue weighted by molar-refractivity contribution is -0.140. The number of carbonyl (C=O) groups excluding carboxylic acids is 3. The van der Waals surface area contributed by atoms with Crippen molar-refractivity contribution in [3.05, 3.63) is 65.0 Å². The van der Waals surface area contributed by atoms with Gasteiger partial charge in [0.25, 0.3) is 5.91 Å². The molecule has 164 valence electrons. The highest BCUT2D eigenvalue weighted by molar-refractivity contribution is 6.44. The predicted molar refractivity (Wildman–Crippen MR) is 115 cm³/mol. The van der Waals surface area contributed by atoms with E-state index >= 15 is 0 Å². The number of hydrogen-bond acceptors (Lipinski definition) is 5. The van der Waals surface area contributed by atoms with Crippen LogP contribution >= 0.6 is 0 Å². The van der Waals surface area contributed by atoms with Crippen molar-refractivity contribution in [2.75, 3.05) is 34.3 Å². The monoisotopic (exact) mass is 426 g/mol. The number of halogens is 1.